The highest BCUT2D eigenvalue weighted by Crippen LogP contribution is 2.51. The molecule has 2 aliphatic carbocycles. The second kappa shape index (κ2) is 13.5. The van der Waals surface area contributed by atoms with Crippen LogP contribution in [0.4, 0.5) is 48.3 Å². The van der Waals surface area contributed by atoms with Gasteiger partial charge in [-0.1, -0.05) is 0 Å². The molecular formula is C35H38BF3N16O2. The lowest BCUT2D eigenvalue weighted by Gasteiger charge is -2.23. The van der Waals surface area contributed by atoms with Crippen molar-refractivity contribution in [3.05, 3.63) is 60.2 Å². The Morgan fingerprint density at radius 3 is 1.79 bits per heavy atom. The number of aromatic amines is 2. The fourth-order valence-corrected chi connectivity index (χ4v) is 7.98. The van der Waals surface area contributed by atoms with Crippen LogP contribution < -0.4 is 31.0 Å². The number of nitrogens with zero attached hydrogens (tertiary/aromatic N) is 10. The molecule has 4 aliphatic rings. The summed E-state index contributed by atoms with van der Waals surface area (Å²) in [6.45, 7) is 7.90. The number of aromatic nitrogens is 10. The average molecular weight is 783 g/mol. The molecule has 294 valence electrons. The number of piperidine rings is 2. The van der Waals surface area contributed by atoms with Crippen LogP contribution in [0.25, 0.3) is 22.1 Å². The smallest absolute Gasteiger partial charge is 0.437 e. The summed E-state index contributed by atoms with van der Waals surface area (Å²) in [4.78, 5) is 42.6. The molecule has 10 rings (SSSR count). The molecule has 6 aromatic heterocycles. The first-order valence-electron chi connectivity index (χ1n) is 18.4. The van der Waals surface area contributed by atoms with Gasteiger partial charge in [-0.3, -0.25) is 15.0 Å². The number of carbonyl (C=O) groups excluding carboxylic acids is 1. The maximum absolute atomic E-state index is 12.7. The van der Waals surface area contributed by atoms with Crippen LogP contribution in [0.1, 0.15) is 24.2 Å². The number of hydrogen-bond acceptors (Lipinski definition) is 15. The van der Waals surface area contributed by atoms with Crippen molar-refractivity contribution in [2.45, 2.75) is 50.8 Å². The van der Waals surface area contributed by atoms with Crippen molar-refractivity contribution >= 4 is 70.2 Å². The van der Waals surface area contributed by atoms with Gasteiger partial charge in [0.2, 0.25) is 11.9 Å². The number of hydrogen-bond donors (Lipinski definition) is 7. The lowest BCUT2D eigenvalue weighted by Crippen LogP contribution is -2.48. The van der Waals surface area contributed by atoms with Gasteiger partial charge in [-0.15, -0.1) is 0 Å². The second-order valence-corrected chi connectivity index (χ2v) is 15.3. The van der Waals surface area contributed by atoms with Crippen LogP contribution in [0.2, 0.25) is 6.82 Å². The lowest BCUT2D eigenvalue weighted by molar-refractivity contribution is -0.174. The molecule has 2 aliphatic heterocycles. The number of amides is 1. The number of alkyl halides is 3. The molecule has 2 saturated heterocycles. The van der Waals surface area contributed by atoms with E-state index in [0.717, 1.165) is 36.3 Å². The van der Waals surface area contributed by atoms with E-state index in [4.69, 9.17) is 4.98 Å². The molecular weight excluding hydrogens is 744 g/mol. The van der Waals surface area contributed by atoms with Gasteiger partial charge in [0, 0.05) is 73.6 Å². The van der Waals surface area contributed by atoms with E-state index in [2.05, 4.69) is 71.4 Å². The summed E-state index contributed by atoms with van der Waals surface area (Å²) in [6.07, 6.45) is 0.0256. The molecule has 6 aromatic rings. The number of carbonyl (C=O) groups is 1. The fraction of sp³-hybridized carbons (Fsp3) is 0.400. The first-order valence-corrected chi connectivity index (χ1v) is 18.4. The van der Waals surface area contributed by atoms with E-state index in [1.54, 1.807) is 30.2 Å². The molecule has 0 radical (unpaired) electrons. The van der Waals surface area contributed by atoms with Crippen LogP contribution in [-0.2, 0) is 4.79 Å². The number of fused-ring (bicyclic) bond motifs is 4. The van der Waals surface area contributed by atoms with Crippen molar-refractivity contribution in [3.63, 3.8) is 0 Å². The SMILES string of the molecule is CB(O)N[C@@]12CC1CN(c1nc(Nc3cc(C)[nH]n3)c3cccnc3n1)C2.Cc1cc(Nc2nc(N3CC4C[C@@]4(NC(=O)C(F)(F)F)C3)nc3ncccc23)n[nH]1. The molecule has 1 amide bonds. The topological polar surface area (TPSA) is 227 Å². The van der Waals surface area contributed by atoms with Crippen LogP contribution in [0.3, 0.4) is 0 Å². The van der Waals surface area contributed by atoms with Crippen molar-refractivity contribution < 1.29 is 23.0 Å². The Hall–Kier alpha value is -6.16. The zero-order chi connectivity index (χ0) is 39.7. The minimum Gasteiger partial charge on any atom is -0.437 e. The van der Waals surface area contributed by atoms with E-state index in [0.29, 0.717) is 70.7 Å². The molecule has 7 N–H and O–H groups in total. The molecule has 2 saturated carbocycles. The average Bonchev–Trinajstić information content (AvgIpc) is 3.60. The summed E-state index contributed by atoms with van der Waals surface area (Å²) in [6, 6.07) is 11.2. The summed E-state index contributed by atoms with van der Waals surface area (Å²) >= 11 is 0. The third-order valence-corrected chi connectivity index (χ3v) is 10.8. The minimum absolute atomic E-state index is 0.0243. The Morgan fingerprint density at radius 1 is 0.825 bits per heavy atom. The van der Waals surface area contributed by atoms with Gasteiger partial charge in [0.05, 0.1) is 16.3 Å². The Bertz CT molecular complexity index is 2500. The van der Waals surface area contributed by atoms with Gasteiger partial charge in [0.1, 0.15) is 11.6 Å². The zero-order valence-corrected chi connectivity index (χ0v) is 31.1. The number of halogens is 3. The van der Waals surface area contributed by atoms with Crippen molar-refractivity contribution in [2.24, 2.45) is 11.8 Å². The number of nitrogens with one attached hydrogen (secondary N) is 6. The maximum atomic E-state index is 12.7. The number of H-pyrrole nitrogens is 2. The molecule has 57 heavy (non-hydrogen) atoms. The summed E-state index contributed by atoms with van der Waals surface area (Å²) in [5.41, 5.74) is 2.03. The molecule has 4 fully saturated rings. The highest BCUT2D eigenvalue weighted by Gasteiger charge is 2.63. The van der Waals surface area contributed by atoms with Gasteiger partial charge in [0.15, 0.2) is 22.9 Å². The maximum Gasteiger partial charge on any atom is 0.471 e. The molecule has 0 spiro atoms. The highest BCUT2D eigenvalue weighted by atomic mass is 19.4. The van der Waals surface area contributed by atoms with Crippen LogP contribution in [0.5, 0.6) is 0 Å². The molecule has 22 heteroatoms. The molecule has 18 nitrogen and oxygen atoms in total. The van der Waals surface area contributed by atoms with Crippen molar-refractivity contribution in [2.75, 3.05) is 46.6 Å². The molecule has 2 unspecified atom stereocenters. The standard InChI is InChI=1S/C18H17F3N8O.C17H21BN8O/c1-9-5-12(28-27-9)23-14-11-3-2-4-22-13(11)24-16(25-14)29-7-10-6-17(10,8-29)26-15(30)18(19,20)21;1-10-6-13(24-23-10)20-15-12-4-3-5-19-14(12)21-16(22-15)26-8-11-7-17(11,9-26)25-18(2)27/h2-5,10H,6-8H2,1H3,(H,26,30)(H2,22,23,24,25,27,28);3-6,11,25,27H,7-9H2,1-2H3,(H2,19,20,21,22,23,24)/t10?,17-;11?,17-/m11/s1. The first kappa shape index (κ1) is 36.5. The number of aryl methyl sites for hydroxylation is 2. The van der Waals surface area contributed by atoms with E-state index < -0.39 is 24.7 Å². The van der Waals surface area contributed by atoms with E-state index >= 15 is 0 Å². The number of pyridine rings is 2. The van der Waals surface area contributed by atoms with Gasteiger partial charge >= 0.3 is 19.1 Å². The van der Waals surface area contributed by atoms with Crippen molar-refractivity contribution in [1.82, 2.24) is 60.8 Å². The number of anilines is 6. The van der Waals surface area contributed by atoms with Crippen molar-refractivity contribution in [1.29, 1.82) is 0 Å². The monoisotopic (exact) mass is 782 g/mol. The van der Waals surface area contributed by atoms with Crippen molar-refractivity contribution in [3.8, 4) is 0 Å². The summed E-state index contributed by atoms with van der Waals surface area (Å²) in [7, 11) is -0.519. The Morgan fingerprint density at radius 2 is 1.32 bits per heavy atom. The molecule has 0 bridgehead atoms. The van der Waals surface area contributed by atoms with Gasteiger partial charge in [-0.05, 0) is 63.7 Å². The lowest BCUT2D eigenvalue weighted by atomic mass is 9.86. The molecule has 4 atom stereocenters. The number of rotatable bonds is 9. The minimum atomic E-state index is -4.91. The van der Waals surface area contributed by atoms with E-state index in [1.807, 2.05) is 44.2 Å². The predicted octanol–water partition coefficient (Wildman–Crippen LogP) is 3.14. The third kappa shape index (κ3) is 7.20. The predicted molar refractivity (Wildman–Crippen MR) is 205 cm³/mol. The zero-order valence-electron chi connectivity index (χ0n) is 31.1. The van der Waals surface area contributed by atoms with Gasteiger partial charge in [-0.2, -0.15) is 43.3 Å². The third-order valence-electron chi connectivity index (χ3n) is 10.8. The molecule has 8 heterocycles. The summed E-state index contributed by atoms with van der Waals surface area (Å²) in [5.74, 6) is 1.97. The summed E-state index contributed by atoms with van der Waals surface area (Å²) in [5, 5.41) is 37.3. The largest absolute Gasteiger partial charge is 0.471 e. The Labute approximate surface area is 323 Å². The van der Waals surface area contributed by atoms with Crippen LogP contribution in [0, 0.1) is 25.7 Å². The molecule has 0 aromatic carbocycles. The fourth-order valence-electron chi connectivity index (χ4n) is 7.98. The van der Waals surface area contributed by atoms with Gasteiger partial charge < -0.3 is 36.0 Å². The Kier molecular flexibility index (Phi) is 8.64. The van der Waals surface area contributed by atoms with Gasteiger partial charge in [-0.25, -0.2) is 9.97 Å². The van der Waals surface area contributed by atoms with Crippen LogP contribution >= 0.6 is 0 Å². The highest BCUT2D eigenvalue weighted by molar-refractivity contribution is 6.45. The quantitative estimate of drug-likeness (QED) is 0.105. The van der Waals surface area contributed by atoms with Crippen LogP contribution in [0.15, 0.2) is 48.8 Å². The van der Waals surface area contributed by atoms with Gasteiger partial charge in [0.25, 0.3) is 0 Å². The van der Waals surface area contributed by atoms with E-state index in [1.165, 1.54) is 0 Å². The normalized spacial score (nSPS) is 23.1. The Balaban J connectivity index is 0.000000149. The van der Waals surface area contributed by atoms with E-state index in [-0.39, 0.29) is 18.0 Å². The second-order valence-electron chi connectivity index (χ2n) is 15.3. The van der Waals surface area contributed by atoms with E-state index in [9.17, 15) is 23.0 Å². The van der Waals surface area contributed by atoms with Crippen LogP contribution in [-0.4, -0.2) is 112 Å². The first-order chi connectivity index (χ1) is 27.3. The summed E-state index contributed by atoms with van der Waals surface area (Å²) < 4.78 is 38.0.